The fourth-order valence-corrected chi connectivity index (χ4v) is 3.88. The number of benzene rings is 1. The van der Waals surface area contributed by atoms with Gasteiger partial charge in [0.1, 0.15) is 0 Å². The zero-order chi connectivity index (χ0) is 15.5. The Labute approximate surface area is 132 Å². The molecule has 5 heteroatoms. The van der Waals surface area contributed by atoms with Crippen molar-refractivity contribution in [3.05, 3.63) is 33.9 Å². The van der Waals surface area contributed by atoms with Crippen molar-refractivity contribution in [3.63, 3.8) is 0 Å². The number of aryl methyl sites for hydroxylation is 1. The Kier molecular flexibility index (Phi) is 4.62. The number of anilines is 1. The lowest BCUT2D eigenvalue weighted by Crippen LogP contribution is -2.51. The molecular formula is C17H25N3O2. The van der Waals surface area contributed by atoms with Gasteiger partial charge in [0.2, 0.25) is 0 Å². The van der Waals surface area contributed by atoms with Gasteiger partial charge in [0, 0.05) is 50.0 Å². The molecule has 2 aliphatic rings. The van der Waals surface area contributed by atoms with Gasteiger partial charge in [-0.3, -0.25) is 15.0 Å². The van der Waals surface area contributed by atoms with Crippen LogP contribution in [-0.4, -0.2) is 42.0 Å². The monoisotopic (exact) mass is 303 g/mol. The molecule has 5 nitrogen and oxygen atoms in total. The van der Waals surface area contributed by atoms with E-state index in [2.05, 4.69) is 9.80 Å². The predicted octanol–water partition coefficient (Wildman–Crippen LogP) is 3.36. The summed E-state index contributed by atoms with van der Waals surface area (Å²) in [6, 6.07) is 6.00. The summed E-state index contributed by atoms with van der Waals surface area (Å²) in [5, 5.41) is 10.8. The minimum Gasteiger partial charge on any atom is -0.369 e. The first kappa shape index (κ1) is 15.3. The van der Waals surface area contributed by atoms with Gasteiger partial charge in [0.15, 0.2) is 0 Å². The second kappa shape index (κ2) is 6.65. The summed E-state index contributed by atoms with van der Waals surface area (Å²) in [6.45, 7) is 6.24. The molecule has 0 radical (unpaired) electrons. The van der Waals surface area contributed by atoms with Crippen LogP contribution in [0.15, 0.2) is 18.2 Å². The van der Waals surface area contributed by atoms with E-state index in [9.17, 15) is 10.1 Å². The van der Waals surface area contributed by atoms with Crippen molar-refractivity contribution < 1.29 is 4.92 Å². The fourth-order valence-electron chi connectivity index (χ4n) is 3.88. The number of piperazine rings is 1. The Hall–Kier alpha value is -1.62. The maximum atomic E-state index is 10.8. The molecular weight excluding hydrogens is 278 g/mol. The van der Waals surface area contributed by atoms with Gasteiger partial charge in [-0.15, -0.1) is 0 Å². The van der Waals surface area contributed by atoms with Crippen LogP contribution in [0, 0.1) is 17.0 Å². The SMILES string of the molecule is Cc1cc([N+](=O)[O-])ccc1N1CCN(C2CCCCC2)CC1. The molecule has 1 heterocycles. The van der Waals surface area contributed by atoms with Gasteiger partial charge in [0.05, 0.1) is 4.92 Å². The van der Waals surface area contributed by atoms with E-state index >= 15 is 0 Å². The Morgan fingerprint density at radius 1 is 1.09 bits per heavy atom. The molecule has 120 valence electrons. The van der Waals surface area contributed by atoms with E-state index in [1.165, 1.54) is 32.1 Å². The van der Waals surface area contributed by atoms with Crippen molar-refractivity contribution in [1.82, 2.24) is 4.90 Å². The highest BCUT2D eigenvalue weighted by molar-refractivity contribution is 5.57. The first-order chi connectivity index (χ1) is 10.6. The van der Waals surface area contributed by atoms with Gasteiger partial charge in [-0.25, -0.2) is 0 Å². The molecule has 1 aliphatic heterocycles. The predicted molar refractivity (Wildman–Crippen MR) is 88.5 cm³/mol. The Morgan fingerprint density at radius 3 is 2.36 bits per heavy atom. The summed E-state index contributed by atoms with van der Waals surface area (Å²) in [7, 11) is 0. The Bertz CT molecular complexity index is 533. The first-order valence-corrected chi connectivity index (χ1v) is 8.39. The molecule has 0 unspecified atom stereocenters. The number of nitro groups is 1. The van der Waals surface area contributed by atoms with E-state index in [-0.39, 0.29) is 10.6 Å². The van der Waals surface area contributed by atoms with E-state index in [4.69, 9.17) is 0 Å². The van der Waals surface area contributed by atoms with Crippen LogP contribution in [0.5, 0.6) is 0 Å². The quantitative estimate of drug-likeness (QED) is 0.634. The van der Waals surface area contributed by atoms with E-state index < -0.39 is 0 Å². The van der Waals surface area contributed by atoms with Gasteiger partial charge in [-0.2, -0.15) is 0 Å². The number of nitro benzene ring substituents is 1. The highest BCUT2D eigenvalue weighted by Gasteiger charge is 2.25. The summed E-state index contributed by atoms with van der Waals surface area (Å²) < 4.78 is 0. The number of hydrogen-bond donors (Lipinski definition) is 0. The van der Waals surface area contributed by atoms with Crippen LogP contribution in [0.3, 0.4) is 0 Å². The third kappa shape index (κ3) is 3.24. The van der Waals surface area contributed by atoms with Crippen molar-refractivity contribution in [2.45, 2.75) is 45.1 Å². The molecule has 0 spiro atoms. The van der Waals surface area contributed by atoms with E-state index in [0.29, 0.717) is 0 Å². The number of nitrogens with zero attached hydrogens (tertiary/aromatic N) is 3. The van der Waals surface area contributed by atoms with Crippen LogP contribution < -0.4 is 4.90 Å². The maximum absolute atomic E-state index is 10.8. The number of rotatable bonds is 3. The van der Waals surface area contributed by atoms with Crippen LogP contribution in [0.4, 0.5) is 11.4 Å². The van der Waals surface area contributed by atoms with E-state index in [1.54, 1.807) is 12.1 Å². The minimum absolute atomic E-state index is 0.182. The molecule has 0 amide bonds. The molecule has 22 heavy (non-hydrogen) atoms. The standard InChI is InChI=1S/C17H25N3O2/c1-14-13-16(20(21)22)7-8-17(14)19-11-9-18(10-12-19)15-5-3-2-4-6-15/h7-8,13,15H,2-6,9-12H2,1H3. The van der Waals surface area contributed by atoms with Crippen LogP contribution in [0.2, 0.25) is 0 Å². The molecule has 1 aliphatic carbocycles. The lowest BCUT2D eigenvalue weighted by atomic mass is 9.94. The lowest BCUT2D eigenvalue weighted by molar-refractivity contribution is -0.384. The van der Waals surface area contributed by atoms with Crippen LogP contribution in [-0.2, 0) is 0 Å². The van der Waals surface area contributed by atoms with Crippen molar-refractivity contribution in [2.24, 2.45) is 0 Å². The van der Waals surface area contributed by atoms with E-state index in [1.807, 2.05) is 13.0 Å². The van der Waals surface area contributed by atoms with Gasteiger partial charge in [-0.05, 0) is 31.4 Å². The number of non-ortho nitro benzene ring substituents is 1. The molecule has 1 saturated heterocycles. The molecule has 1 aromatic rings. The van der Waals surface area contributed by atoms with Crippen LogP contribution in [0.25, 0.3) is 0 Å². The normalized spacial score (nSPS) is 21.0. The zero-order valence-electron chi connectivity index (χ0n) is 13.3. The van der Waals surface area contributed by atoms with Crippen molar-refractivity contribution in [3.8, 4) is 0 Å². The van der Waals surface area contributed by atoms with Gasteiger partial charge in [0.25, 0.3) is 5.69 Å². The van der Waals surface area contributed by atoms with Crippen LogP contribution >= 0.6 is 0 Å². The van der Waals surface area contributed by atoms with Gasteiger partial charge >= 0.3 is 0 Å². The zero-order valence-corrected chi connectivity index (χ0v) is 13.3. The summed E-state index contributed by atoms with van der Waals surface area (Å²) in [5.74, 6) is 0. The maximum Gasteiger partial charge on any atom is 0.269 e. The van der Waals surface area contributed by atoms with Gasteiger partial charge < -0.3 is 4.90 Å². The Morgan fingerprint density at radius 2 is 1.77 bits per heavy atom. The average Bonchev–Trinajstić information content (AvgIpc) is 2.56. The topological polar surface area (TPSA) is 49.6 Å². The number of hydrogen-bond acceptors (Lipinski definition) is 4. The minimum atomic E-state index is -0.322. The second-order valence-corrected chi connectivity index (χ2v) is 6.54. The summed E-state index contributed by atoms with van der Waals surface area (Å²) in [5.41, 5.74) is 2.33. The molecule has 0 aromatic heterocycles. The summed E-state index contributed by atoms with van der Waals surface area (Å²) >= 11 is 0. The Balaban J connectivity index is 1.62. The first-order valence-electron chi connectivity index (χ1n) is 8.39. The van der Waals surface area contributed by atoms with Crippen molar-refractivity contribution >= 4 is 11.4 Å². The van der Waals surface area contributed by atoms with E-state index in [0.717, 1.165) is 43.5 Å². The molecule has 1 saturated carbocycles. The third-order valence-corrected chi connectivity index (χ3v) is 5.14. The smallest absolute Gasteiger partial charge is 0.269 e. The van der Waals surface area contributed by atoms with Gasteiger partial charge in [-0.1, -0.05) is 19.3 Å². The van der Waals surface area contributed by atoms with Crippen molar-refractivity contribution in [1.29, 1.82) is 0 Å². The molecule has 0 bridgehead atoms. The highest BCUT2D eigenvalue weighted by atomic mass is 16.6. The molecule has 3 rings (SSSR count). The third-order valence-electron chi connectivity index (χ3n) is 5.14. The largest absolute Gasteiger partial charge is 0.369 e. The average molecular weight is 303 g/mol. The lowest BCUT2D eigenvalue weighted by Gasteiger charge is -2.41. The summed E-state index contributed by atoms with van der Waals surface area (Å²) in [4.78, 5) is 15.5. The summed E-state index contributed by atoms with van der Waals surface area (Å²) in [6.07, 6.45) is 6.88. The second-order valence-electron chi connectivity index (χ2n) is 6.54. The molecule has 0 N–H and O–H groups in total. The van der Waals surface area contributed by atoms with Crippen LogP contribution in [0.1, 0.15) is 37.7 Å². The van der Waals surface area contributed by atoms with Crippen molar-refractivity contribution in [2.75, 3.05) is 31.1 Å². The fraction of sp³-hybridized carbons (Fsp3) is 0.647. The molecule has 0 atom stereocenters. The highest BCUT2D eigenvalue weighted by Crippen LogP contribution is 2.28. The molecule has 1 aromatic carbocycles. The molecule has 2 fully saturated rings.